The van der Waals surface area contributed by atoms with Crippen molar-refractivity contribution in [3.63, 3.8) is 0 Å². The third-order valence-electron chi connectivity index (χ3n) is 2.15. The lowest BCUT2D eigenvalue weighted by Gasteiger charge is -2.17. The maximum Gasteiger partial charge on any atom is 0.270 e. The number of rotatable bonds is 2. The first-order chi connectivity index (χ1) is 7.20. The largest absolute Gasteiger partial charge is 0.456 e. The average Bonchev–Trinajstić information content (AvgIpc) is 2.61. The van der Waals surface area contributed by atoms with Gasteiger partial charge in [0, 0.05) is 5.69 Å². The Labute approximate surface area is 86.9 Å². The van der Waals surface area contributed by atoms with E-state index in [1.165, 1.54) is 0 Å². The van der Waals surface area contributed by atoms with Crippen molar-refractivity contribution in [1.82, 2.24) is 0 Å². The Morgan fingerprint density at radius 1 is 1.33 bits per heavy atom. The molecule has 1 aromatic rings. The van der Waals surface area contributed by atoms with Crippen LogP contribution < -0.4 is 16.4 Å². The van der Waals surface area contributed by atoms with Crippen LogP contribution in [0.4, 0.5) is 5.69 Å². The zero-order valence-corrected chi connectivity index (χ0v) is 8.01. The number of amides is 1. The Balaban J connectivity index is 2.37. The van der Waals surface area contributed by atoms with Gasteiger partial charge >= 0.3 is 0 Å². The fraction of sp³-hybridized carbons (Fsp3) is 0.100. The molecule has 0 aromatic heterocycles. The molecule has 78 valence electrons. The van der Waals surface area contributed by atoms with Crippen molar-refractivity contribution in [3.8, 4) is 0 Å². The van der Waals surface area contributed by atoms with Crippen LogP contribution in [0.1, 0.15) is 0 Å². The number of nitrogens with two attached hydrogens (primary N) is 2. The van der Waals surface area contributed by atoms with Crippen LogP contribution >= 0.6 is 0 Å². The summed E-state index contributed by atoms with van der Waals surface area (Å²) in [5.74, 6) is -0.514. The van der Waals surface area contributed by atoms with Gasteiger partial charge in [0.05, 0.1) is 0 Å². The summed E-state index contributed by atoms with van der Waals surface area (Å²) in [5, 5.41) is 0. The Hall–Kier alpha value is -2.17. The highest BCUT2D eigenvalue weighted by atomic mass is 16.5. The number of ether oxygens (including phenoxy) is 1. The molecule has 0 unspecified atom stereocenters. The van der Waals surface area contributed by atoms with Crippen molar-refractivity contribution in [2.45, 2.75) is 0 Å². The van der Waals surface area contributed by atoms with Gasteiger partial charge in [-0.25, -0.2) is 0 Å². The minimum absolute atomic E-state index is 0.0753. The van der Waals surface area contributed by atoms with Crippen LogP contribution in [0.5, 0.6) is 0 Å². The van der Waals surface area contributed by atoms with Gasteiger partial charge in [-0.3, -0.25) is 9.69 Å². The Kier molecular flexibility index (Phi) is 2.21. The highest BCUT2D eigenvalue weighted by Gasteiger charge is 2.27. The number of benzene rings is 1. The Bertz CT molecular complexity index is 414. The summed E-state index contributed by atoms with van der Waals surface area (Å²) in [6.45, 7) is 0.216. The molecule has 1 aromatic carbocycles. The highest BCUT2D eigenvalue weighted by molar-refractivity contribution is 5.96. The number of hydrogen-bond acceptors (Lipinski definition) is 4. The molecule has 0 radical (unpaired) electrons. The standard InChI is InChI=1S/C10H11N3O2/c11-9(14)8-10(12)15-6-13(8)7-4-2-1-3-5-7/h1-5H,6,12H2,(H2,11,14). The maximum atomic E-state index is 11.2. The lowest BCUT2D eigenvalue weighted by molar-refractivity contribution is -0.114. The number of hydrogen-bond donors (Lipinski definition) is 2. The van der Waals surface area contributed by atoms with E-state index in [9.17, 15) is 4.79 Å². The van der Waals surface area contributed by atoms with Gasteiger partial charge in [0.25, 0.3) is 5.91 Å². The molecule has 0 saturated heterocycles. The molecule has 5 heteroatoms. The predicted molar refractivity (Wildman–Crippen MR) is 55.3 cm³/mol. The molecule has 5 nitrogen and oxygen atoms in total. The fourth-order valence-corrected chi connectivity index (χ4v) is 1.47. The Morgan fingerprint density at radius 3 is 2.60 bits per heavy atom. The topological polar surface area (TPSA) is 81.6 Å². The lowest BCUT2D eigenvalue weighted by Crippen LogP contribution is -2.29. The molecular weight excluding hydrogens is 194 g/mol. The van der Waals surface area contributed by atoms with E-state index in [1.54, 1.807) is 4.90 Å². The predicted octanol–water partition coefficient (Wildman–Crippen LogP) is 0.0938. The van der Waals surface area contributed by atoms with Gasteiger partial charge in [0.15, 0.2) is 12.4 Å². The van der Waals surface area contributed by atoms with Gasteiger partial charge in [0.1, 0.15) is 0 Å². The number of carbonyl (C=O) groups excluding carboxylic acids is 1. The number of anilines is 1. The summed E-state index contributed by atoms with van der Waals surface area (Å²) < 4.78 is 5.08. The van der Waals surface area contributed by atoms with Gasteiger partial charge in [-0.2, -0.15) is 0 Å². The molecule has 2 rings (SSSR count). The summed E-state index contributed by atoms with van der Waals surface area (Å²) in [6, 6.07) is 9.32. The molecular formula is C10H11N3O2. The van der Waals surface area contributed by atoms with Crippen molar-refractivity contribution in [1.29, 1.82) is 0 Å². The third kappa shape index (κ3) is 1.59. The van der Waals surface area contributed by atoms with Crippen molar-refractivity contribution < 1.29 is 9.53 Å². The monoisotopic (exact) mass is 205 g/mol. The van der Waals surface area contributed by atoms with Crippen LogP contribution in [-0.2, 0) is 9.53 Å². The molecule has 1 heterocycles. The highest BCUT2D eigenvalue weighted by Crippen LogP contribution is 2.24. The van der Waals surface area contributed by atoms with Crippen LogP contribution in [0.15, 0.2) is 41.9 Å². The number of nitrogens with zero attached hydrogens (tertiary/aromatic N) is 1. The van der Waals surface area contributed by atoms with Crippen LogP contribution in [0.25, 0.3) is 0 Å². The minimum Gasteiger partial charge on any atom is -0.456 e. The van der Waals surface area contributed by atoms with Crippen molar-refractivity contribution in [3.05, 3.63) is 41.9 Å². The second-order valence-electron chi connectivity index (χ2n) is 3.11. The van der Waals surface area contributed by atoms with Gasteiger partial charge in [0.2, 0.25) is 5.88 Å². The summed E-state index contributed by atoms with van der Waals surface area (Å²) in [6.07, 6.45) is 0. The Morgan fingerprint density at radius 2 is 2.00 bits per heavy atom. The van der Waals surface area contributed by atoms with Gasteiger partial charge < -0.3 is 16.2 Å². The molecule has 4 N–H and O–H groups in total. The molecule has 0 fully saturated rings. The minimum atomic E-state index is -0.589. The molecule has 1 amide bonds. The number of carbonyl (C=O) groups is 1. The summed E-state index contributed by atoms with van der Waals surface area (Å²) in [4.78, 5) is 12.8. The van der Waals surface area contributed by atoms with E-state index in [1.807, 2.05) is 30.3 Å². The van der Waals surface area contributed by atoms with E-state index in [2.05, 4.69) is 0 Å². The first-order valence-corrected chi connectivity index (χ1v) is 4.45. The van der Waals surface area contributed by atoms with Gasteiger partial charge in [-0.05, 0) is 12.1 Å². The van der Waals surface area contributed by atoms with Crippen LogP contribution in [0, 0.1) is 0 Å². The SMILES string of the molecule is NC(=O)C1=C(N)OCN1c1ccccc1. The van der Waals surface area contributed by atoms with E-state index in [-0.39, 0.29) is 18.3 Å². The molecule has 15 heavy (non-hydrogen) atoms. The lowest BCUT2D eigenvalue weighted by atomic mass is 10.2. The zero-order valence-electron chi connectivity index (χ0n) is 8.01. The van der Waals surface area contributed by atoms with E-state index >= 15 is 0 Å². The summed E-state index contributed by atoms with van der Waals surface area (Å²) in [5.41, 5.74) is 11.8. The van der Waals surface area contributed by atoms with Crippen LogP contribution in [0.3, 0.4) is 0 Å². The van der Waals surface area contributed by atoms with E-state index in [0.29, 0.717) is 0 Å². The molecule has 0 aliphatic carbocycles. The second kappa shape index (κ2) is 3.53. The molecule has 0 saturated carbocycles. The quantitative estimate of drug-likeness (QED) is 0.717. The normalized spacial score (nSPS) is 15.3. The van der Waals surface area contributed by atoms with Crippen molar-refractivity contribution >= 4 is 11.6 Å². The van der Waals surface area contributed by atoms with E-state index in [4.69, 9.17) is 16.2 Å². The van der Waals surface area contributed by atoms with E-state index in [0.717, 1.165) is 5.69 Å². The van der Waals surface area contributed by atoms with Crippen LogP contribution in [0.2, 0.25) is 0 Å². The molecule has 0 bridgehead atoms. The average molecular weight is 205 g/mol. The fourth-order valence-electron chi connectivity index (χ4n) is 1.47. The molecule has 0 spiro atoms. The van der Waals surface area contributed by atoms with Gasteiger partial charge in [-0.1, -0.05) is 18.2 Å². The molecule has 0 atom stereocenters. The zero-order chi connectivity index (χ0) is 10.8. The van der Waals surface area contributed by atoms with Gasteiger partial charge in [-0.15, -0.1) is 0 Å². The molecule has 1 aliphatic rings. The maximum absolute atomic E-state index is 11.2. The number of primary amides is 1. The van der Waals surface area contributed by atoms with Crippen LogP contribution in [-0.4, -0.2) is 12.6 Å². The summed E-state index contributed by atoms with van der Waals surface area (Å²) in [7, 11) is 0. The first-order valence-electron chi connectivity index (χ1n) is 4.45. The van der Waals surface area contributed by atoms with E-state index < -0.39 is 5.91 Å². The molecule has 1 aliphatic heterocycles. The first kappa shape index (κ1) is 9.39. The third-order valence-corrected chi connectivity index (χ3v) is 2.15. The van der Waals surface area contributed by atoms with Crippen molar-refractivity contribution in [2.24, 2.45) is 11.5 Å². The summed E-state index contributed by atoms with van der Waals surface area (Å²) >= 11 is 0. The number of para-hydroxylation sites is 1. The van der Waals surface area contributed by atoms with Crippen molar-refractivity contribution in [2.75, 3.05) is 11.6 Å². The second-order valence-corrected chi connectivity index (χ2v) is 3.11. The smallest absolute Gasteiger partial charge is 0.270 e.